The normalized spacial score (nSPS) is 18.8. The third kappa shape index (κ3) is 3.46. The van der Waals surface area contributed by atoms with Gasteiger partial charge in [-0.25, -0.2) is 9.37 Å². The van der Waals surface area contributed by atoms with Crippen LogP contribution in [0.2, 0.25) is 0 Å². The molecule has 0 N–H and O–H groups in total. The number of amides is 2. The predicted octanol–water partition coefficient (Wildman–Crippen LogP) is 3.73. The lowest BCUT2D eigenvalue weighted by atomic mass is 10.0. The zero-order valence-corrected chi connectivity index (χ0v) is 16.4. The summed E-state index contributed by atoms with van der Waals surface area (Å²) < 4.78 is 14.1. The summed E-state index contributed by atoms with van der Waals surface area (Å²) in [6.07, 6.45) is 5.98. The fourth-order valence-electron chi connectivity index (χ4n) is 3.84. The van der Waals surface area contributed by atoms with E-state index in [1.54, 1.807) is 40.5 Å². The van der Waals surface area contributed by atoms with E-state index in [9.17, 15) is 14.0 Å². The minimum absolute atomic E-state index is 0.0753. The molecule has 1 fully saturated rings. The van der Waals surface area contributed by atoms with Crippen LogP contribution in [0.1, 0.15) is 29.8 Å². The third-order valence-corrected chi connectivity index (χ3v) is 6.44. The van der Waals surface area contributed by atoms with Gasteiger partial charge in [0.15, 0.2) is 5.13 Å². The maximum atomic E-state index is 14.1. The second kappa shape index (κ2) is 7.83. The summed E-state index contributed by atoms with van der Waals surface area (Å²) in [7, 11) is 0. The SMILES string of the molecule is C=CCN(C(=O)[C@@H]1CC(=O)N(c2ccccc2F)C1)c1nc2c(s1)CCCC2. The summed E-state index contributed by atoms with van der Waals surface area (Å²) in [5.74, 6) is -1.37. The molecule has 0 saturated carbocycles. The molecular formula is C21H22FN3O2S. The van der Waals surface area contributed by atoms with Crippen molar-refractivity contribution in [3.05, 3.63) is 53.3 Å². The quantitative estimate of drug-likeness (QED) is 0.720. The number of carbonyl (C=O) groups is 2. The second-order valence-corrected chi connectivity index (χ2v) is 8.23. The molecule has 1 atom stereocenters. The van der Waals surface area contributed by atoms with Crippen molar-refractivity contribution in [1.29, 1.82) is 0 Å². The summed E-state index contributed by atoms with van der Waals surface area (Å²) in [6, 6.07) is 6.15. The van der Waals surface area contributed by atoms with Gasteiger partial charge in [-0.15, -0.1) is 17.9 Å². The van der Waals surface area contributed by atoms with E-state index in [-0.39, 0.29) is 30.5 Å². The Kier molecular flexibility index (Phi) is 5.26. The van der Waals surface area contributed by atoms with Crippen LogP contribution in [0.15, 0.2) is 36.9 Å². The van der Waals surface area contributed by atoms with Crippen LogP contribution in [0.4, 0.5) is 15.2 Å². The Labute approximate surface area is 167 Å². The van der Waals surface area contributed by atoms with Gasteiger partial charge >= 0.3 is 0 Å². The first-order valence-electron chi connectivity index (χ1n) is 9.54. The van der Waals surface area contributed by atoms with Gasteiger partial charge in [0, 0.05) is 24.4 Å². The molecular weight excluding hydrogens is 377 g/mol. The van der Waals surface area contributed by atoms with Gasteiger partial charge in [0.25, 0.3) is 0 Å². The van der Waals surface area contributed by atoms with E-state index < -0.39 is 11.7 Å². The molecule has 28 heavy (non-hydrogen) atoms. The van der Waals surface area contributed by atoms with Crippen LogP contribution in [0.25, 0.3) is 0 Å². The molecule has 1 aromatic heterocycles. The average Bonchev–Trinajstić information content (AvgIpc) is 3.29. The Morgan fingerprint density at radius 2 is 2.14 bits per heavy atom. The number of fused-ring (bicyclic) bond motifs is 1. The summed E-state index contributed by atoms with van der Waals surface area (Å²) >= 11 is 1.56. The lowest BCUT2D eigenvalue weighted by Gasteiger charge is -2.22. The number of thiazole rings is 1. The zero-order chi connectivity index (χ0) is 19.7. The van der Waals surface area contributed by atoms with E-state index in [0.29, 0.717) is 11.7 Å². The standard InChI is InChI=1S/C21H22FN3O2S/c1-2-11-24(21-23-16-8-4-6-10-18(16)28-21)20(27)14-12-19(26)25(13-14)17-9-5-3-7-15(17)22/h2-3,5,7,9,14H,1,4,6,8,10-13H2/t14-/m1/s1. The summed E-state index contributed by atoms with van der Waals surface area (Å²) in [6.45, 7) is 4.28. The molecule has 0 unspecified atom stereocenters. The molecule has 0 spiro atoms. The van der Waals surface area contributed by atoms with Crippen LogP contribution in [0.5, 0.6) is 0 Å². The number of nitrogens with zero attached hydrogens (tertiary/aromatic N) is 3. The topological polar surface area (TPSA) is 53.5 Å². The fraction of sp³-hybridized carbons (Fsp3) is 0.381. The fourth-order valence-corrected chi connectivity index (χ4v) is 5.00. The average molecular weight is 399 g/mol. The van der Waals surface area contributed by atoms with Gasteiger partial charge in [0.05, 0.1) is 17.3 Å². The van der Waals surface area contributed by atoms with Crippen molar-refractivity contribution in [3.8, 4) is 0 Å². The van der Waals surface area contributed by atoms with Crippen molar-refractivity contribution in [2.24, 2.45) is 5.92 Å². The van der Waals surface area contributed by atoms with Crippen molar-refractivity contribution >= 4 is 34.0 Å². The lowest BCUT2D eigenvalue weighted by molar-refractivity contribution is -0.124. The van der Waals surface area contributed by atoms with Crippen molar-refractivity contribution in [2.75, 3.05) is 22.9 Å². The molecule has 1 aliphatic carbocycles. The second-order valence-electron chi connectivity index (χ2n) is 7.17. The molecule has 1 saturated heterocycles. The number of hydrogen-bond donors (Lipinski definition) is 0. The van der Waals surface area contributed by atoms with Crippen LogP contribution < -0.4 is 9.80 Å². The number of halogens is 1. The lowest BCUT2D eigenvalue weighted by Crippen LogP contribution is -2.37. The number of aromatic nitrogens is 1. The molecule has 2 aliphatic rings. The monoisotopic (exact) mass is 399 g/mol. The Morgan fingerprint density at radius 3 is 2.89 bits per heavy atom. The molecule has 2 heterocycles. The first kappa shape index (κ1) is 18.8. The zero-order valence-electron chi connectivity index (χ0n) is 15.6. The van der Waals surface area contributed by atoms with Crippen molar-refractivity contribution in [3.63, 3.8) is 0 Å². The van der Waals surface area contributed by atoms with Crippen LogP contribution in [-0.4, -0.2) is 29.9 Å². The molecule has 2 aromatic rings. The maximum Gasteiger partial charge on any atom is 0.234 e. The first-order chi connectivity index (χ1) is 13.6. The van der Waals surface area contributed by atoms with Gasteiger partial charge in [-0.3, -0.25) is 14.5 Å². The van der Waals surface area contributed by atoms with Gasteiger partial charge in [0.2, 0.25) is 11.8 Å². The van der Waals surface area contributed by atoms with E-state index in [4.69, 9.17) is 0 Å². The van der Waals surface area contributed by atoms with Crippen LogP contribution in [-0.2, 0) is 22.4 Å². The third-order valence-electron chi connectivity index (χ3n) is 5.26. The minimum Gasteiger partial charge on any atom is -0.309 e. The van der Waals surface area contributed by atoms with E-state index in [1.807, 2.05) is 0 Å². The Balaban J connectivity index is 1.56. The summed E-state index contributed by atoms with van der Waals surface area (Å²) in [5, 5.41) is 0.675. The number of anilines is 2. The van der Waals surface area contributed by atoms with Gasteiger partial charge in [-0.05, 0) is 37.8 Å². The smallest absolute Gasteiger partial charge is 0.234 e. The molecule has 0 bridgehead atoms. The van der Waals surface area contributed by atoms with Crippen LogP contribution in [0.3, 0.4) is 0 Å². The van der Waals surface area contributed by atoms with E-state index in [2.05, 4.69) is 11.6 Å². The highest BCUT2D eigenvalue weighted by atomic mass is 32.1. The number of benzene rings is 1. The molecule has 7 heteroatoms. The van der Waals surface area contributed by atoms with Gasteiger partial charge in [0.1, 0.15) is 5.82 Å². The number of aryl methyl sites for hydroxylation is 2. The highest BCUT2D eigenvalue weighted by Gasteiger charge is 2.39. The van der Waals surface area contributed by atoms with E-state index in [1.165, 1.54) is 15.8 Å². The van der Waals surface area contributed by atoms with Crippen LogP contribution in [0, 0.1) is 11.7 Å². The summed E-state index contributed by atoms with van der Waals surface area (Å²) in [5.41, 5.74) is 1.31. The van der Waals surface area contributed by atoms with Crippen molar-refractivity contribution in [2.45, 2.75) is 32.1 Å². The molecule has 146 valence electrons. The van der Waals surface area contributed by atoms with Crippen LogP contribution >= 0.6 is 11.3 Å². The Bertz CT molecular complexity index is 903. The Hall–Kier alpha value is -2.54. The van der Waals surface area contributed by atoms with E-state index in [0.717, 1.165) is 31.4 Å². The number of para-hydroxylation sites is 1. The minimum atomic E-state index is -0.520. The highest BCUT2D eigenvalue weighted by Crippen LogP contribution is 2.34. The van der Waals surface area contributed by atoms with Gasteiger partial charge < -0.3 is 4.90 Å². The molecule has 2 amide bonds. The summed E-state index contributed by atoms with van der Waals surface area (Å²) in [4.78, 5) is 34.6. The van der Waals surface area contributed by atoms with Crippen molar-refractivity contribution in [1.82, 2.24) is 4.98 Å². The Morgan fingerprint density at radius 1 is 1.36 bits per heavy atom. The molecule has 1 aliphatic heterocycles. The number of hydrogen-bond acceptors (Lipinski definition) is 4. The number of rotatable bonds is 5. The number of carbonyl (C=O) groups excluding carboxylic acids is 2. The van der Waals surface area contributed by atoms with Crippen molar-refractivity contribution < 1.29 is 14.0 Å². The first-order valence-corrected chi connectivity index (χ1v) is 10.4. The van der Waals surface area contributed by atoms with E-state index >= 15 is 0 Å². The maximum absolute atomic E-state index is 14.1. The molecule has 0 radical (unpaired) electrons. The van der Waals surface area contributed by atoms with Gasteiger partial charge in [-0.2, -0.15) is 0 Å². The molecule has 1 aromatic carbocycles. The predicted molar refractivity (Wildman–Crippen MR) is 108 cm³/mol. The molecule has 4 rings (SSSR count). The largest absolute Gasteiger partial charge is 0.309 e. The van der Waals surface area contributed by atoms with Gasteiger partial charge in [-0.1, -0.05) is 18.2 Å². The molecule has 5 nitrogen and oxygen atoms in total. The highest BCUT2D eigenvalue weighted by molar-refractivity contribution is 7.16.